The molecule has 1 heterocycles. The quantitative estimate of drug-likeness (QED) is 0.601. The van der Waals surface area contributed by atoms with E-state index in [0.29, 0.717) is 16.6 Å². The molecular formula is C22H16BrFN4O2. The Hall–Kier alpha value is -3.44. The summed E-state index contributed by atoms with van der Waals surface area (Å²) in [6.07, 6.45) is 2.08. The number of hydrogen-bond acceptors (Lipinski definition) is 4. The highest BCUT2D eigenvalue weighted by atomic mass is 79.9. The zero-order valence-electron chi connectivity index (χ0n) is 15.6. The lowest BCUT2D eigenvalue weighted by molar-refractivity contribution is -0.119. The van der Waals surface area contributed by atoms with Gasteiger partial charge in [0.05, 0.1) is 11.3 Å². The molecule has 0 saturated heterocycles. The molecule has 2 atom stereocenters. The van der Waals surface area contributed by atoms with Crippen molar-refractivity contribution in [2.45, 2.75) is 17.9 Å². The Kier molecular flexibility index (Phi) is 4.92. The van der Waals surface area contributed by atoms with Gasteiger partial charge in [-0.05, 0) is 58.2 Å². The fourth-order valence-electron chi connectivity index (χ4n) is 3.61. The molecule has 3 aromatic rings. The standard InChI is InChI=1S/C22H16BrFN4O2/c23-17-10-19(18(24)9-14(17)12-25)27-22(21(26)30)11-16(22)13-4-6-15(7-5-13)28-8-2-1-3-20(28)29/h1-10,16,27H,11H2,(H2,26,30)/t16-,22?/m1/s1. The van der Waals surface area contributed by atoms with Gasteiger partial charge in [0, 0.05) is 28.3 Å². The molecule has 8 heteroatoms. The Labute approximate surface area is 179 Å². The molecule has 2 aromatic carbocycles. The Morgan fingerprint density at radius 1 is 1.27 bits per heavy atom. The Morgan fingerprint density at radius 2 is 2.00 bits per heavy atom. The number of amides is 1. The molecule has 150 valence electrons. The van der Waals surface area contributed by atoms with E-state index in [1.165, 1.54) is 16.7 Å². The number of carbonyl (C=O) groups excluding carboxylic acids is 1. The molecule has 4 rings (SSSR count). The smallest absolute Gasteiger partial charge is 0.255 e. The number of nitrogens with one attached hydrogen (secondary N) is 1. The first-order valence-corrected chi connectivity index (χ1v) is 9.90. The van der Waals surface area contributed by atoms with Crippen LogP contribution in [-0.2, 0) is 4.79 Å². The fourth-order valence-corrected chi connectivity index (χ4v) is 4.05. The summed E-state index contributed by atoms with van der Waals surface area (Å²) in [4.78, 5) is 24.2. The second kappa shape index (κ2) is 7.43. The van der Waals surface area contributed by atoms with Crippen molar-refractivity contribution in [3.8, 4) is 11.8 Å². The number of hydrogen-bond donors (Lipinski definition) is 2. The van der Waals surface area contributed by atoms with Crippen LogP contribution in [0.3, 0.4) is 0 Å². The molecule has 0 radical (unpaired) electrons. The summed E-state index contributed by atoms with van der Waals surface area (Å²) in [5, 5.41) is 12.0. The molecule has 1 aromatic heterocycles. The zero-order chi connectivity index (χ0) is 21.5. The van der Waals surface area contributed by atoms with Crippen LogP contribution in [0.5, 0.6) is 0 Å². The highest BCUT2D eigenvalue weighted by Gasteiger charge is 2.60. The number of anilines is 1. The highest BCUT2D eigenvalue weighted by Crippen LogP contribution is 2.53. The minimum Gasteiger partial charge on any atom is -0.368 e. The number of halogens is 2. The van der Waals surface area contributed by atoms with E-state index in [-0.39, 0.29) is 22.7 Å². The van der Waals surface area contributed by atoms with Crippen molar-refractivity contribution < 1.29 is 9.18 Å². The molecule has 0 spiro atoms. The van der Waals surface area contributed by atoms with Crippen molar-refractivity contribution in [1.82, 2.24) is 4.57 Å². The SMILES string of the molecule is N#Cc1cc(F)c(NC2(C(N)=O)C[C@@H]2c2ccc(-n3ccccc3=O)cc2)cc1Br. The number of rotatable bonds is 5. The van der Waals surface area contributed by atoms with E-state index >= 15 is 0 Å². The number of nitrogens with two attached hydrogens (primary N) is 1. The third kappa shape index (κ3) is 3.37. The van der Waals surface area contributed by atoms with Crippen molar-refractivity contribution in [2.75, 3.05) is 5.32 Å². The first-order chi connectivity index (χ1) is 14.4. The summed E-state index contributed by atoms with van der Waals surface area (Å²) in [6.45, 7) is 0. The minimum atomic E-state index is -1.13. The first kappa shape index (κ1) is 19.9. The van der Waals surface area contributed by atoms with E-state index in [9.17, 15) is 14.0 Å². The van der Waals surface area contributed by atoms with E-state index in [1.54, 1.807) is 30.5 Å². The van der Waals surface area contributed by atoms with Crippen molar-refractivity contribution in [2.24, 2.45) is 5.73 Å². The number of pyridine rings is 1. The second-order valence-corrected chi connectivity index (χ2v) is 8.00. The van der Waals surface area contributed by atoms with Crippen LogP contribution in [0, 0.1) is 17.1 Å². The van der Waals surface area contributed by atoms with Crippen LogP contribution < -0.4 is 16.6 Å². The maximum absolute atomic E-state index is 14.4. The second-order valence-electron chi connectivity index (χ2n) is 7.14. The average molecular weight is 467 g/mol. The van der Waals surface area contributed by atoms with Crippen LogP contribution in [0.1, 0.15) is 23.5 Å². The van der Waals surface area contributed by atoms with Gasteiger partial charge in [-0.3, -0.25) is 14.2 Å². The van der Waals surface area contributed by atoms with Gasteiger partial charge in [0.25, 0.3) is 5.56 Å². The number of nitriles is 1. The maximum atomic E-state index is 14.4. The normalized spacial score (nSPS) is 19.7. The topological polar surface area (TPSA) is 101 Å². The van der Waals surface area contributed by atoms with Crippen LogP contribution in [0.15, 0.2) is 70.1 Å². The highest BCUT2D eigenvalue weighted by molar-refractivity contribution is 9.10. The maximum Gasteiger partial charge on any atom is 0.255 e. The lowest BCUT2D eigenvalue weighted by Crippen LogP contribution is -2.39. The molecule has 1 aliphatic carbocycles. The molecule has 30 heavy (non-hydrogen) atoms. The van der Waals surface area contributed by atoms with Gasteiger partial charge in [-0.15, -0.1) is 0 Å². The number of primary amides is 1. The van der Waals surface area contributed by atoms with Gasteiger partial charge in [-0.1, -0.05) is 18.2 Å². The number of benzene rings is 2. The summed E-state index contributed by atoms with van der Waals surface area (Å²) in [5.41, 5.74) is 6.19. The van der Waals surface area contributed by atoms with Gasteiger partial charge in [0.1, 0.15) is 17.4 Å². The van der Waals surface area contributed by atoms with E-state index in [0.717, 1.165) is 11.6 Å². The lowest BCUT2D eigenvalue weighted by atomic mass is 10.0. The summed E-state index contributed by atoms with van der Waals surface area (Å²) >= 11 is 3.23. The van der Waals surface area contributed by atoms with E-state index in [2.05, 4.69) is 21.2 Å². The predicted octanol–water partition coefficient (Wildman–Crippen LogP) is 3.43. The summed E-state index contributed by atoms with van der Waals surface area (Å²) < 4.78 is 16.4. The third-order valence-corrected chi connectivity index (χ3v) is 5.99. The van der Waals surface area contributed by atoms with Crippen LogP contribution in [-0.4, -0.2) is 16.0 Å². The van der Waals surface area contributed by atoms with Crippen LogP contribution in [0.2, 0.25) is 0 Å². The Bertz CT molecular complexity index is 1250. The zero-order valence-corrected chi connectivity index (χ0v) is 17.2. The molecule has 1 aliphatic rings. The molecule has 1 fully saturated rings. The fraction of sp³-hybridized carbons (Fsp3) is 0.136. The van der Waals surface area contributed by atoms with E-state index in [4.69, 9.17) is 11.0 Å². The predicted molar refractivity (Wildman–Crippen MR) is 114 cm³/mol. The minimum absolute atomic E-state index is 0.0923. The van der Waals surface area contributed by atoms with E-state index in [1.807, 2.05) is 18.2 Å². The van der Waals surface area contributed by atoms with Crippen LogP contribution >= 0.6 is 15.9 Å². The van der Waals surface area contributed by atoms with Gasteiger partial charge in [0.15, 0.2) is 0 Å². The van der Waals surface area contributed by atoms with Gasteiger partial charge in [-0.25, -0.2) is 4.39 Å². The molecule has 1 amide bonds. The number of aromatic nitrogens is 1. The van der Waals surface area contributed by atoms with Gasteiger partial charge in [0.2, 0.25) is 5.91 Å². The van der Waals surface area contributed by atoms with Crippen molar-refractivity contribution in [3.05, 3.63) is 92.6 Å². The van der Waals surface area contributed by atoms with Gasteiger partial charge in [-0.2, -0.15) is 5.26 Å². The number of nitrogens with zero attached hydrogens (tertiary/aromatic N) is 2. The summed E-state index contributed by atoms with van der Waals surface area (Å²) in [5.74, 6) is -1.47. The summed E-state index contributed by atoms with van der Waals surface area (Å²) in [6, 6.07) is 16.6. The van der Waals surface area contributed by atoms with Crippen molar-refractivity contribution in [3.63, 3.8) is 0 Å². The van der Waals surface area contributed by atoms with Crippen molar-refractivity contribution >= 4 is 27.5 Å². The Balaban J connectivity index is 1.62. The first-order valence-electron chi connectivity index (χ1n) is 9.11. The van der Waals surface area contributed by atoms with E-state index < -0.39 is 17.3 Å². The molecule has 1 unspecified atom stereocenters. The number of carbonyl (C=O) groups is 1. The van der Waals surface area contributed by atoms with Gasteiger partial charge >= 0.3 is 0 Å². The average Bonchev–Trinajstić information content (AvgIpc) is 3.46. The molecule has 0 aliphatic heterocycles. The third-order valence-electron chi connectivity index (χ3n) is 5.33. The molecular weight excluding hydrogens is 451 g/mol. The summed E-state index contributed by atoms with van der Waals surface area (Å²) in [7, 11) is 0. The molecule has 6 nitrogen and oxygen atoms in total. The lowest BCUT2D eigenvalue weighted by Gasteiger charge is -2.19. The molecule has 0 bridgehead atoms. The largest absolute Gasteiger partial charge is 0.368 e. The Morgan fingerprint density at radius 3 is 2.63 bits per heavy atom. The monoisotopic (exact) mass is 466 g/mol. The molecule has 1 saturated carbocycles. The van der Waals surface area contributed by atoms with Gasteiger partial charge < -0.3 is 11.1 Å². The van der Waals surface area contributed by atoms with Crippen molar-refractivity contribution in [1.29, 1.82) is 5.26 Å². The molecule has 3 N–H and O–H groups in total. The van der Waals surface area contributed by atoms with Crippen LogP contribution in [0.4, 0.5) is 10.1 Å². The van der Waals surface area contributed by atoms with Crippen LogP contribution in [0.25, 0.3) is 5.69 Å².